The van der Waals surface area contributed by atoms with E-state index in [1.807, 2.05) is 6.08 Å². The molecule has 3 heteroatoms. The second-order valence-corrected chi connectivity index (χ2v) is 4.07. The number of hydrogen-bond acceptors (Lipinski definition) is 1. The molecule has 0 aromatic carbocycles. The van der Waals surface area contributed by atoms with Gasteiger partial charge in [-0.1, -0.05) is 30.5 Å². The van der Waals surface area contributed by atoms with Crippen LogP contribution in [0.25, 0.3) is 0 Å². The maximum atomic E-state index is 5.93. The van der Waals surface area contributed by atoms with Crippen molar-refractivity contribution in [1.82, 2.24) is 4.90 Å². The van der Waals surface area contributed by atoms with Crippen molar-refractivity contribution in [2.75, 3.05) is 19.0 Å². The Morgan fingerprint density at radius 3 is 2.85 bits per heavy atom. The van der Waals surface area contributed by atoms with Crippen molar-refractivity contribution >= 4 is 23.2 Å². The fourth-order valence-corrected chi connectivity index (χ4v) is 2.26. The van der Waals surface area contributed by atoms with Crippen LogP contribution in [0.3, 0.4) is 0 Å². The van der Waals surface area contributed by atoms with Crippen LogP contribution in [0.15, 0.2) is 11.6 Å². The summed E-state index contributed by atoms with van der Waals surface area (Å²) >= 11 is 11.4. The predicted molar refractivity (Wildman–Crippen MR) is 59.5 cm³/mol. The Bertz CT molecular complexity index is 159. The molecule has 13 heavy (non-hydrogen) atoms. The summed E-state index contributed by atoms with van der Waals surface area (Å²) in [7, 11) is 0. The molecular weight excluding hydrogens is 205 g/mol. The summed E-state index contributed by atoms with van der Waals surface area (Å²) < 4.78 is 0. The number of likely N-dealkylation sites (tertiary alicyclic amines) is 1. The van der Waals surface area contributed by atoms with Gasteiger partial charge in [0, 0.05) is 24.0 Å². The molecule has 1 atom stereocenters. The molecule has 0 aromatic heterocycles. The first-order chi connectivity index (χ1) is 6.38. The van der Waals surface area contributed by atoms with E-state index >= 15 is 0 Å². The average molecular weight is 222 g/mol. The molecule has 1 aliphatic heterocycles. The fraction of sp³-hybridized carbons (Fsp3) is 0.800. The normalized spacial score (nSPS) is 26.5. The molecule has 1 saturated heterocycles. The summed E-state index contributed by atoms with van der Waals surface area (Å²) in [6.07, 6.45) is 7.18. The maximum absolute atomic E-state index is 5.93. The highest BCUT2D eigenvalue weighted by Gasteiger charge is 2.18. The van der Waals surface area contributed by atoms with Gasteiger partial charge in [-0.2, -0.15) is 0 Å². The summed E-state index contributed by atoms with van der Waals surface area (Å²) in [5, 5.41) is 0. The van der Waals surface area contributed by atoms with Crippen molar-refractivity contribution in [2.45, 2.75) is 31.7 Å². The van der Waals surface area contributed by atoms with Crippen molar-refractivity contribution < 1.29 is 0 Å². The topological polar surface area (TPSA) is 3.24 Å². The number of hydrogen-bond donors (Lipinski definition) is 0. The molecular formula is C10H17Cl2N. The van der Waals surface area contributed by atoms with E-state index in [2.05, 4.69) is 4.90 Å². The molecule has 0 spiro atoms. The van der Waals surface area contributed by atoms with Gasteiger partial charge in [0.25, 0.3) is 0 Å². The van der Waals surface area contributed by atoms with Crippen LogP contribution in [-0.4, -0.2) is 29.9 Å². The Hall–Kier alpha value is 0.280. The molecule has 0 aliphatic carbocycles. The zero-order chi connectivity index (χ0) is 9.52. The molecule has 1 heterocycles. The summed E-state index contributed by atoms with van der Waals surface area (Å²) in [6, 6.07) is 0.553. The highest BCUT2D eigenvalue weighted by atomic mass is 35.5. The molecule has 0 aromatic rings. The highest BCUT2D eigenvalue weighted by molar-refractivity contribution is 6.25. The first kappa shape index (κ1) is 11.4. The van der Waals surface area contributed by atoms with Crippen molar-refractivity contribution in [2.24, 2.45) is 0 Å². The molecule has 1 aliphatic rings. The number of rotatable bonds is 3. The first-order valence-corrected chi connectivity index (χ1v) is 5.91. The predicted octanol–water partition coefficient (Wildman–Crippen LogP) is 3.22. The smallest absolute Gasteiger partial charge is 0.0379 e. The molecule has 1 fully saturated rings. The molecule has 0 radical (unpaired) electrons. The van der Waals surface area contributed by atoms with Gasteiger partial charge in [-0.3, -0.25) is 4.90 Å². The van der Waals surface area contributed by atoms with E-state index in [-0.39, 0.29) is 0 Å². The SMILES string of the molecule is Cl/C=C/CN1CCCCCC1CCl. The lowest BCUT2D eigenvalue weighted by Crippen LogP contribution is -2.36. The first-order valence-electron chi connectivity index (χ1n) is 4.93. The Kier molecular flexibility index (Phi) is 5.85. The van der Waals surface area contributed by atoms with Crippen LogP contribution in [0.4, 0.5) is 0 Å². The number of nitrogens with zero attached hydrogens (tertiary/aromatic N) is 1. The Morgan fingerprint density at radius 1 is 1.31 bits per heavy atom. The van der Waals surface area contributed by atoms with Crippen LogP contribution in [0.5, 0.6) is 0 Å². The maximum Gasteiger partial charge on any atom is 0.0379 e. The number of halogens is 2. The summed E-state index contributed by atoms with van der Waals surface area (Å²) in [5.74, 6) is 0.746. The van der Waals surface area contributed by atoms with Gasteiger partial charge >= 0.3 is 0 Å². The van der Waals surface area contributed by atoms with Crippen LogP contribution < -0.4 is 0 Å². The van der Waals surface area contributed by atoms with Crippen molar-refractivity contribution in [3.8, 4) is 0 Å². The van der Waals surface area contributed by atoms with Gasteiger partial charge in [-0.15, -0.1) is 11.6 Å². The summed E-state index contributed by atoms with van der Waals surface area (Å²) in [4.78, 5) is 2.43. The highest BCUT2D eigenvalue weighted by Crippen LogP contribution is 2.17. The molecule has 0 saturated carbocycles. The second kappa shape index (κ2) is 6.69. The summed E-state index contributed by atoms with van der Waals surface area (Å²) in [5.41, 5.74) is 1.59. The van der Waals surface area contributed by atoms with E-state index < -0.39 is 0 Å². The minimum atomic E-state index is 0.553. The van der Waals surface area contributed by atoms with Gasteiger partial charge in [0.1, 0.15) is 0 Å². The van der Waals surface area contributed by atoms with E-state index in [1.54, 1.807) is 5.54 Å². The minimum Gasteiger partial charge on any atom is -0.296 e. The Labute approximate surface area is 90.7 Å². The van der Waals surface area contributed by atoms with Crippen LogP contribution in [0, 0.1) is 0 Å². The third-order valence-electron chi connectivity index (χ3n) is 2.61. The van der Waals surface area contributed by atoms with E-state index in [4.69, 9.17) is 23.2 Å². The van der Waals surface area contributed by atoms with Gasteiger partial charge in [-0.25, -0.2) is 0 Å². The zero-order valence-corrected chi connectivity index (χ0v) is 9.40. The molecule has 1 unspecified atom stereocenters. The molecule has 0 N–H and O–H groups in total. The third-order valence-corrected chi connectivity index (χ3v) is 3.14. The average Bonchev–Trinajstić information content (AvgIpc) is 2.39. The Balaban J connectivity index is 2.43. The van der Waals surface area contributed by atoms with Crippen LogP contribution in [-0.2, 0) is 0 Å². The molecule has 76 valence electrons. The van der Waals surface area contributed by atoms with Gasteiger partial charge in [0.15, 0.2) is 0 Å². The Morgan fingerprint density at radius 2 is 2.15 bits per heavy atom. The van der Waals surface area contributed by atoms with Crippen LogP contribution in [0.1, 0.15) is 25.7 Å². The lowest BCUT2D eigenvalue weighted by Gasteiger charge is -2.26. The molecule has 0 bridgehead atoms. The third kappa shape index (κ3) is 3.88. The lowest BCUT2D eigenvalue weighted by molar-refractivity contribution is 0.240. The van der Waals surface area contributed by atoms with Gasteiger partial charge in [0.05, 0.1) is 0 Å². The van der Waals surface area contributed by atoms with Gasteiger partial charge in [0.2, 0.25) is 0 Å². The number of alkyl halides is 1. The van der Waals surface area contributed by atoms with Crippen molar-refractivity contribution in [3.63, 3.8) is 0 Å². The van der Waals surface area contributed by atoms with Crippen LogP contribution >= 0.6 is 23.2 Å². The van der Waals surface area contributed by atoms with E-state index in [0.717, 1.165) is 12.4 Å². The lowest BCUT2D eigenvalue weighted by atomic mass is 10.1. The van der Waals surface area contributed by atoms with Crippen molar-refractivity contribution in [1.29, 1.82) is 0 Å². The van der Waals surface area contributed by atoms with Gasteiger partial charge < -0.3 is 0 Å². The van der Waals surface area contributed by atoms with Gasteiger partial charge in [-0.05, 0) is 19.4 Å². The fourth-order valence-electron chi connectivity index (χ4n) is 1.83. The molecule has 0 amide bonds. The quantitative estimate of drug-likeness (QED) is 0.662. The monoisotopic (exact) mass is 221 g/mol. The van der Waals surface area contributed by atoms with Crippen LogP contribution in [0.2, 0.25) is 0 Å². The molecule has 1 nitrogen and oxygen atoms in total. The summed E-state index contributed by atoms with van der Waals surface area (Å²) in [6.45, 7) is 2.11. The standard InChI is InChI=1S/C10H17Cl2N/c11-6-4-8-13-7-3-1-2-5-10(13)9-12/h4,6,10H,1-3,5,7-9H2/b6-4+. The van der Waals surface area contributed by atoms with Crippen molar-refractivity contribution in [3.05, 3.63) is 11.6 Å². The van der Waals surface area contributed by atoms with E-state index in [9.17, 15) is 0 Å². The second-order valence-electron chi connectivity index (χ2n) is 3.51. The minimum absolute atomic E-state index is 0.553. The molecule has 1 rings (SSSR count). The van der Waals surface area contributed by atoms with E-state index in [1.165, 1.54) is 32.2 Å². The zero-order valence-electron chi connectivity index (χ0n) is 7.88. The largest absolute Gasteiger partial charge is 0.296 e. The van der Waals surface area contributed by atoms with E-state index in [0.29, 0.717) is 6.04 Å².